The van der Waals surface area contributed by atoms with Crippen molar-refractivity contribution in [1.82, 2.24) is 4.31 Å². The van der Waals surface area contributed by atoms with E-state index in [4.69, 9.17) is 4.74 Å². The van der Waals surface area contributed by atoms with Crippen LogP contribution in [0.5, 0.6) is 0 Å². The zero-order valence-electron chi connectivity index (χ0n) is 10.8. The molecule has 0 aromatic heterocycles. The summed E-state index contributed by atoms with van der Waals surface area (Å²) in [6.07, 6.45) is 5.56. The first-order valence-corrected chi connectivity index (χ1v) is 8.42. The number of aliphatic hydroxyl groups is 1. The topological polar surface area (TPSA) is 66.8 Å². The fraction of sp³-hybridized carbons (Fsp3) is 1.00. The van der Waals surface area contributed by atoms with E-state index in [-0.39, 0.29) is 12.4 Å². The number of morpholine rings is 1. The lowest BCUT2D eigenvalue weighted by atomic mass is 9.91. The highest BCUT2D eigenvalue weighted by atomic mass is 32.2. The Morgan fingerprint density at radius 3 is 2.61 bits per heavy atom. The summed E-state index contributed by atoms with van der Waals surface area (Å²) in [5.74, 6) is 0.537. The van der Waals surface area contributed by atoms with Gasteiger partial charge in [-0.1, -0.05) is 19.3 Å². The Hall–Kier alpha value is -0.170. The van der Waals surface area contributed by atoms with Crippen molar-refractivity contribution in [3.8, 4) is 0 Å². The summed E-state index contributed by atoms with van der Waals surface area (Å²) in [4.78, 5) is 0. The van der Waals surface area contributed by atoms with Crippen LogP contribution in [0.3, 0.4) is 0 Å². The van der Waals surface area contributed by atoms with Crippen molar-refractivity contribution in [1.29, 1.82) is 0 Å². The van der Waals surface area contributed by atoms with Crippen molar-refractivity contribution >= 4 is 10.0 Å². The van der Waals surface area contributed by atoms with Gasteiger partial charge in [-0.05, 0) is 18.8 Å². The average molecular weight is 277 g/mol. The third kappa shape index (κ3) is 3.44. The molecule has 1 saturated carbocycles. The lowest BCUT2D eigenvalue weighted by molar-refractivity contribution is 0.0107. The monoisotopic (exact) mass is 277 g/mol. The molecule has 106 valence electrons. The quantitative estimate of drug-likeness (QED) is 0.816. The fourth-order valence-electron chi connectivity index (χ4n) is 2.90. The maximum atomic E-state index is 12.4. The van der Waals surface area contributed by atoms with Crippen LogP contribution in [0.15, 0.2) is 0 Å². The minimum absolute atomic E-state index is 0.163. The molecule has 1 aliphatic heterocycles. The van der Waals surface area contributed by atoms with Crippen LogP contribution in [0.2, 0.25) is 0 Å². The smallest absolute Gasteiger partial charge is 0.214 e. The van der Waals surface area contributed by atoms with Gasteiger partial charge in [0.25, 0.3) is 0 Å². The summed E-state index contributed by atoms with van der Waals surface area (Å²) < 4.78 is 31.4. The fourth-order valence-corrected chi connectivity index (χ4v) is 4.95. The first-order valence-electron chi connectivity index (χ1n) is 6.81. The molecule has 0 spiro atoms. The van der Waals surface area contributed by atoms with Crippen molar-refractivity contribution < 1.29 is 18.3 Å². The Morgan fingerprint density at radius 1 is 1.22 bits per heavy atom. The molecule has 0 bridgehead atoms. The van der Waals surface area contributed by atoms with E-state index in [0.717, 1.165) is 25.7 Å². The summed E-state index contributed by atoms with van der Waals surface area (Å²) in [5.41, 5.74) is 0. The number of nitrogens with zero attached hydrogens (tertiary/aromatic N) is 1. The van der Waals surface area contributed by atoms with Gasteiger partial charge in [-0.25, -0.2) is 8.42 Å². The van der Waals surface area contributed by atoms with Crippen LogP contribution >= 0.6 is 0 Å². The van der Waals surface area contributed by atoms with E-state index in [1.54, 1.807) is 0 Å². The average Bonchev–Trinajstić information content (AvgIpc) is 2.39. The Morgan fingerprint density at radius 2 is 1.94 bits per heavy atom. The number of sulfonamides is 1. The van der Waals surface area contributed by atoms with Gasteiger partial charge in [0.05, 0.1) is 31.6 Å². The van der Waals surface area contributed by atoms with Crippen LogP contribution < -0.4 is 0 Å². The van der Waals surface area contributed by atoms with Crippen LogP contribution in [-0.4, -0.2) is 56.0 Å². The minimum Gasteiger partial charge on any atom is -0.395 e. The van der Waals surface area contributed by atoms with Crippen LogP contribution in [0.4, 0.5) is 0 Å². The summed E-state index contributed by atoms with van der Waals surface area (Å²) >= 11 is 0. The molecule has 1 N–H and O–H groups in total. The number of rotatable bonds is 4. The van der Waals surface area contributed by atoms with Gasteiger partial charge in [-0.2, -0.15) is 4.31 Å². The molecule has 1 heterocycles. The molecule has 1 aliphatic carbocycles. The Labute approximate surface area is 109 Å². The SMILES string of the molecule is O=S(=O)(CC1CCCCC1)N1CCOCC1CO. The standard InChI is InChI=1S/C12H23NO4S/c14-8-12-9-17-7-6-13(12)18(15,16)10-11-4-2-1-3-5-11/h11-12,14H,1-10H2. The van der Waals surface area contributed by atoms with Gasteiger partial charge >= 0.3 is 0 Å². The van der Waals surface area contributed by atoms with Gasteiger partial charge in [0.1, 0.15) is 0 Å². The molecule has 2 aliphatic rings. The molecule has 0 radical (unpaired) electrons. The van der Waals surface area contributed by atoms with E-state index in [0.29, 0.717) is 25.7 Å². The molecular formula is C12H23NO4S. The van der Waals surface area contributed by atoms with Crippen molar-refractivity contribution in [2.75, 3.05) is 32.1 Å². The lowest BCUT2D eigenvalue weighted by Gasteiger charge is -2.34. The summed E-state index contributed by atoms with van der Waals surface area (Å²) in [7, 11) is -3.25. The largest absolute Gasteiger partial charge is 0.395 e. The van der Waals surface area contributed by atoms with Crippen LogP contribution in [0, 0.1) is 5.92 Å². The molecule has 5 nitrogen and oxygen atoms in total. The molecule has 2 rings (SSSR count). The zero-order valence-corrected chi connectivity index (χ0v) is 11.6. The lowest BCUT2D eigenvalue weighted by Crippen LogP contribution is -2.51. The Balaban J connectivity index is 1.99. The molecule has 18 heavy (non-hydrogen) atoms. The van der Waals surface area contributed by atoms with Crippen LogP contribution in [0.25, 0.3) is 0 Å². The number of ether oxygens (including phenoxy) is 1. The minimum atomic E-state index is -3.25. The van der Waals surface area contributed by atoms with E-state index in [2.05, 4.69) is 0 Å². The van der Waals surface area contributed by atoms with Crippen molar-refractivity contribution in [2.24, 2.45) is 5.92 Å². The van der Waals surface area contributed by atoms with Crippen molar-refractivity contribution in [3.05, 3.63) is 0 Å². The van der Waals surface area contributed by atoms with Gasteiger partial charge in [0.15, 0.2) is 0 Å². The second-order valence-corrected chi connectivity index (χ2v) is 7.27. The maximum absolute atomic E-state index is 12.4. The highest BCUT2D eigenvalue weighted by Gasteiger charge is 2.34. The summed E-state index contributed by atoms with van der Waals surface area (Å²) in [5, 5.41) is 9.24. The summed E-state index contributed by atoms with van der Waals surface area (Å²) in [6.45, 7) is 0.949. The van der Waals surface area contributed by atoms with Gasteiger partial charge in [-0.15, -0.1) is 0 Å². The van der Waals surface area contributed by atoms with Crippen LogP contribution in [-0.2, 0) is 14.8 Å². The normalized spacial score (nSPS) is 28.4. The van der Waals surface area contributed by atoms with Crippen molar-refractivity contribution in [3.63, 3.8) is 0 Å². The van der Waals surface area contributed by atoms with Gasteiger partial charge in [0.2, 0.25) is 10.0 Å². The van der Waals surface area contributed by atoms with Crippen LogP contribution in [0.1, 0.15) is 32.1 Å². The zero-order chi connectivity index (χ0) is 13.0. The van der Waals surface area contributed by atoms with E-state index in [9.17, 15) is 13.5 Å². The molecule has 1 unspecified atom stereocenters. The number of aliphatic hydroxyl groups excluding tert-OH is 1. The molecule has 1 atom stereocenters. The molecule has 2 fully saturated rings. The second kappa shape index (κ2) is 6.32. The Kier molecular flexibility index (Phi) is 5.00. The molecule has 0 aromatic rings. The van der Waals surface area contributed by atoms with Gasteiger partial charge < -0.3 is 9.84 Å². The van der Waals surface area contributed by atoms with E-state index in [1.165, 1.54) is 10.7 Å². The second-order valence-electron chi connectivity index (χ2n) is 5.30. The molecule has 1 saturated heterocycles. The van der Waals surface area contributed by atoms with E-state index < -0.39 is 16.1 Å². The highest BCUT2D eigenvalue weighted by molar-refractivity contribution is 7.89. The Bertz CT molecular complexity index is 351. The first kappa shape index (κ1) is 14.2. The summed E-state index contributed by atoms with van der Waals surface area (Å²) in [6, 6.07) is -0.396. The predicted molar refractivity (Wildman–Crippen MR) is 68.8 cm³/mol. The van der Waals surface area contributed by atoms with E-state index >= 15 is 0 Å². The van der Waals surface area contributed by atoms with Crippen molar-refractivity contribution in [2.45, 2.75) is 38.1 Å². The number of hydrogen-bond acceptors (Lipinski definition) is 4. The third-order valence-corrected chi connectivity index (χ3v) is 6.00. The molecule has 0 aromatic carbocycles. The molecule has 0 amide bonds. The number of hydrogen-bond donors (Lipinski definition) is 1. The third-order valence-electron chi connectivity index (χ3n) is 3.91. The predicted octanol–water partition coefficient (Wildman–Crippen LogP) is 0.590. The molecular weight excluding hydrogens is 254 g/mol. The first-order chi connectivity index (χ1) is 8.63. The van der Waals surface area contributed by atoms with E-state index in [1.807, 2.05) is 0 Å². The highest BCUT2D eigenvalue weighted by Crippen LogP contribution is 2.26. The molecule has 6 heteroatoms. The van der Waals surface area contributed by atoms with Gasteiger partial charge in [0, 0.05) is 6.54 Å². The van der Waals surface area contributed by atoms with Gasteiger partial charge in [-0.3, -0.25) is 0 Å². The maximum Gasteiger partial charge on any atom is 0.214 e.